The predicted octanol–water partition coefficient (Wildman–Crippen LogP) is 4.40. The van der Waals surface area contributed by atoms with Crippen LogP contribution >= 0.6 is 11.3 Å². The van der Waals surface area contributed by atoms with E-state index in [-0.39, 0.29) is 12.3 Å². The van der Waals surface area contributed by atoms with Crippen LogP contribution in [0.2, 0.25) is 0 Å². The molecular formula is C23H24N4O4S. The minimum atomic E-state index is -0.994. The molecule has 0 amide bonds. The molecule has 32 heavy (non-hydrogen) atoms. The molecule has 0 aliphatic heterocycles. The molecule has 1 atom stereocenters. The van der Waals surface area contributed by atoms with Gasteiger partial charge in [-0.1, -0.05) is 32.0 Å². The number of hydrogen-bond donors (Lipinski definition) is 3. The Bertz CT molecular complexity index is 1290. The third-order valence-corrected chi connectivity index (χ3v) is 6.35. The van der Waals surface area contributed by atoms with Crippen LogP contribution in [0.3, 0.4) is 0 Å². The molecule has 9 heteroatoms. The predicted molar refractivity (Wildman–Crippen MR) is 124 cm³/mol. The molecule has 0 spiro atoms. The quantitative estimate of drug-likeness (QED) is 0.339. The van der Waals surface area contributed by atoms with Crippen LogP contribution in [0.25, 0.3) is 21.1 Å². The summed E-state index contributed by atoms with van der Waals surface area (Å²) in [6, 6.07) is 6.84. The van der Waals surface area contributed by atoms with Gasteiger partial charge in [-0.3, -0.25) is 0 Å². The van der Waals surface area contributed by atoms with Crippen LogP contribution in [-0.4, -0.2) is 44.6 Å². The molecule has 3 N–H and O–H groups in total. The fourth-order valence-electron chi connectivity index (χ4n) is 3.57. The number of carbonyl (C=O) groups is 2. The summed E-state index contributed by atoms with van der Waals surface area (Å²) >= 11 is 1.22. The van der Waals surface area contributed by atoms with Crippen molar-refractivity contribution in [3.63, 3.8) is 0 Å². The summed E-state index contributed by atoms with van der Waals surface area (Å²) < 4.78 is 5.38. The van der Waals surface area contributed by atoms with Crippen LogP contribution in [-0.2, 0) is 16.0 Å². The van der Waals surface area contributed by atoms with Crippen LogP contribution in [0.5, 0.6) is 0 Å². The summed E-state index contributed by atoms with van der Waals surface area (Å²) in [5.74, 6) is -0.782. The van der Waals surface area contributed by atoms with Crippen molar-refractivity contribution in [3.8, 4) is 0 Å². The second-order valence-corrected chi connectivity index (χ2v) is 9.05. The molecule has 4 rings (SSSR count). The van der Waals surface area contributed by atoms with Crippen LogP contribution in [0.4, 0.5) is 5.82 Å². The normalized spacial score (nSPS) is 12.4. The highest BCUT2D eigenvalue weighted by Crippen LogP contribution is 2.34. The van der Waals surface area contributed by atoms with Gasteiger partial charge in [-0.15, -0.1) is 11.3 Å². The molecule has 0 aliphatic carbocycles. The van der Waals surface area contributed by atoms with E-state index in [9.17, 15) is 14.7 Å². The Labute approximate surface area is 188 Å². The average Bonchev–Trinajstić information content (AvgIpc) is 3.33. The van der Waals surface area contributed by atoms with Gasteiger partial charge in [0.15, 0.2) is 0 Å². The lowest BCUT2D eigenvalue weighted by atomic mass is 10.0. The molecule has 0 bridgehead atoms. The van der Waals surface area contributed by atoms with Gasteiger partial charge in [-0.05, 0) is 30.0 Å². The highest BCUT2D eigenvalue weighted by Gasteiger charge is 2.25. The highest BCUT2D eigenvalue weighted by atomic mass is 32.1. The molecule has 166 valence electrons. The van der Waals surface area contributed by atoms with Gasteiger partial charge in [-0.25, -0.2) is 19.6 Å². The monoisotopic (exact) mass is 452 g/mol. The summed E-state index contributed by atoms with van der Waals surface area (Å²) in [5, 5.41) is 14.6. The number of carboxylic acids is 1. The van der Waals surface area contributed by atoms with Crippen LogP contribution in [0, 0.1) is 12.8 Å². The van der Waals surface area contributed by atoms with Crippen LogP contribution < -0.4 is 5.32 Å². The third-order valence-electron chi connectivity index (χ3n) is 5.17. The number of nitrogens with one attached hydrogen (secondary N) is 2. The largest absolute Gasteiger partial charge is 0.480 e. The van der Waals surface area contributed by atoms with Gasteiger partial charge in [0.1, 0.15) is 27.9 Å². The number of para-hydroxylation sites is 1. The van der Waals surface area contributed by atoms with E-state index >= 15 is 0 Å². The number of esters is 1. The van der Waals surface area contributed by atoms with E-state index in [4.69, 9.17) is 4.74 Å². The molecule has 3 heterocycles. The van der Waals surface area contributed by atoms with Crippen molar-refractivity contribution in [2.45, 2.75) is 33.2 Å². The standard InChI is InChI=1S/C23H24N4O4S/c1-12(2)10-31-23(30)19-13(3)18-20(25-11-26-21(18)32-19)27-17(22(28)29)8-14-9-24-16-7-5-4-6-15(14)16/h4-7,9,11-12,17,24H,8,10H2,1-3H3,(H,28,29)(H,25,26,27). The Morgan fingerprint density at radius 3 is 2.78 bits per heavy atom. The first-order valence-corrected chi connectivity index (χ1v) is 11.1. The first-order chi connectivity index (χ1) is 15.3. The van der Waals surface area contributed by atoms with E-state index in [1.807, 2.05) is 44.3 Å². The number of anilines is 1. The van der Waals surface area contributed by atoms with E-state index in [0.717, 1.165) is 16.5 Å². The summed E-state index contributed by atoms with van der Waals surface area (Å²) in [4.78, 5) is 37.4. The number of carboxylic acid groups (broad SMARTS) is 1. The Hall–Kier alpha value is -3.46. The topological polar surface area (TPSA) is 117 Å². The van der Waals surface area contributed by atoms with Gasteiger partial charge in [0.2, 0.25) is 0 Å². The van der Waals surface area contributed by atoms with Crippen molar-refractivity contribution in [2.24, 2.45) is 5.92 Å². The second kappa shape index (κ2) is 8.96. The maximum Gasteiger partial charge on any atom is 0.348 e. The number of rotatable bonds is 8. The molecule has 0 aliphatic rings. The third kappa shape index (κ3) is 4.29. The molecule has 1 aromatic carbocycles. The zero-order valence-corrected chi connectivity index (χ0v) is 18.8. The number of carbonyl (C=O) groups excluding carboxylic acids is 1. The van der Waals surface area contributed by atoms with Gasteiger partial charge in [-0.2, -0.15) is 0 Å². The number of H-pyrrole nitrogens is 1. The number of nitrogens with zero attached hydrogens (tertiary/aromatic N) is 2. The Balaban J connectivity index is 1.64. The Kier molecular flexibility index (Phi) is 6.09. The molecule has 3 aromatic heterocycles. The molecular weight excluding hydrogens is 428 g/mol. The molecule has 0 saturated heterocycles. The SMILES string of the molecule is Cc1c(C(=O)OCC(C)C)sc2ncnc(NC(Cc3c[nH]c4ccccc34)C(=O)O)c12. The van der Waals surface area contributed by atoms with Crippen molar-refractivity contribution >= 4 is 50.2 Å². The lowest BCUT2D eigenvalue weighted by molar-refractivity contribution is -0.137. The fourth-order valence-corrected chi connectivity index (χ4v) is 4.61. The van der Waals surface area contributed by atoms with E-state index in [2.05, 4.69) is 20.3 Å². The lowest BCUT2D eigenvalue weighted by Crippen LogP contribution is -2.32. The number of aryl methyl sites for hydroxylation is 1. The smallest absolute Gasteiger partial charge is 0.348 e. The number of aromatic amines is 1. The first-order valence-electron chi connectivity index (χ1n) is 10.3. The van der Waals surface area contributed by atoms with Gasteiger partial charge in [0.05, 0.1) is 12.0 Å². The van der Waals surface area contributed by atoms with Gasteiger partial charge >= 0.3 is 11.9 Å². The zero-order valence-electron chi connectivity index (χ0n) is 18.0. The minimum Gasteiger partial charge on any atom is -0.480 e. The number of aromatic nitrogens is 3. The second-order valence-electron chi connectivity index (χ2n) is 8.05. The van der Waals surface area contributed by atoms with Crippen molar-refractivity contribution in [2.75, 3.05) is 11.9 Å². The van der Waals surface area contributed by atoms with E-state index < -0.39 is 18.0 Å². The summed E-state index contributed by atoms with van der Waals surface area (Å²) in [5.41, 5.74) is 2.53. The average molecular weight is 453 g/mol. The maximum absolute atomic E-state index is 12.5. The fraction of sp³-hybridized carbons (Fsp3) is 0.304. The van der Waals surface area contributed by atoms with Crippen LogP contribution in [0.1, 0.15) is 34.6 Å². The van der Waals surface area contributed by atoms with Crippen molar-refractivity contribution in [3.05, 3.63) is 52.8 Å². The molecule has 0 fully saturated rings. The van der Waals surface area contributed by atoms with Crippen molar-refractivity contribution in [1.82, 2.24) is 15.0 Å². The molecule has 0 radical (unpaired) electrons. The van der Waals surface area contributed by atoms with E-state index in [1.165, 1.54) is 17.7 Å². The molecule has 8 nitrogen and oxygen atoms in total. The minimum absolute atomic E-state index is 0.228. The number of fused-ring (bicyclic) bond motifs is 2. The molecule has 4 aromatic rings. The van der Waals surface area contributed by atoms with Gasteiger partial charge in [0, 0.05) is 23.5 Å². The molecule has 0 saturated carbocycles. The zero-order chi connectivity index (χ0) is 22.8. The lowest BCUT2D eigenvalue weighted by Gasteiger charge is -2.15. The van der Waals surface area contributed by atoms with Crippen LogP contribution in [0.15, 0.2) is 36.8 Å². The number of ether oxygens (including phenoxy) is 1. The van der Waals surface area contributed by atoms with E-state index in [0.29, 0.717) is 33.1 Å². The maximum atomic E-state index is 12.5. The first kappa shape index (κ1) is 21.8. The summed E-state index contributed by atoms with van der Waals surface area (Å²) in [6.45, 7) is 6.07. The number of aliphatic carboxylic acids is 1. The summed E-state index contributed by atoms with van der Waals surface area (Å²) in [6.07, 6.45) is 3.46. The van der Waals surface area contributed by atoms with Gasteiger partial charge in [0.25, 0.3) is 0 Å². The van der Waals surface area contributed by atoms with Gasteiger partial charge < -0.3 is 20.1 Å². The Morgan fingerprint density at radius 1 is 1.25 bits per heavy atom. The van der Waals surface area contributed by atoms with Crippen molar-refractivity contribution < 1.29 is 19.4 Å². The number of hydrogen-bond acceptors (Lipinski definition) is 7. The van der Waals surface area contributed by atoms with E-state index in [1.54, 1.807) is 6.92 Å². The summed E-state index contributed by atoms with van der Waals surface area (Å²) in [7, 11) is 0. The highest BCUT2D eigenvalue weighted by molar-refractivity contribution is 7.20. The molecule has 1 unspecified atom stereocenters. The van der Waals surface area contributed by atoms with Crippen molar-refractivity contribution in [1.29, 1.82) is 0 Å². The number of thiophene rings is 1. The Morgan fingerprint density at radius 2 is 2.03 bits per heavy atom. The number of benzene rings is 1.